The third-order valence-electron chi connectivity index (χ3n) is 4.64. The van der Waals surface area contributed by atoms with Gasteiger partial charge in [-0.1, -0.05) is 12.1 Å². The summed E-state index contributed by atoms with van der Waals surface area (Å²) in [6, 6.07) is 10.8. The Morgan fingerprint density at radius 1 is 1.07 bits per heavy atom. The molecule has 0 bridgehead atoms. The van der Waals surface area contributed by atoms with E-state index in [9.17, 15) is 13.2 Å². The predicted molar refractivity (Wildman–Crippen MR) is 110 cm³/mol. The van der Waals surface area contributed by atoms with Crippen molar-refractivity contribution >= 4 is 43.2 Å². The molecule has 1 aromatic carbocycles. The lowest BCUT2D eigenvalue weighted by Crippen LogP contribution is -2.50. The standard InChI is InChI=1S/C17H17BrN6O3S2/c18-15-5-6-17(28-15)29(26,27)23-9-7-22(8-10-23)16(25)11-13-1-3-14(4-2-13)24-12-19-20-21-24/h1-6,12H,7-11H2. The monoisotopic (exact) mass is 496 g/mol. The lowest BCUT2D eigenvalue weighted by Gasteiger charge is -2.33. The number of hydrogen-bond acceptors (Lipinski definition) is 7. The molecule has 3 aromatic rings. The Morgan fingerprint density at radius 2 is 1.79 bits per heavy atom. The highest BCUT2D eigenvalue weighted by atomic mass is 79.9. The van der Waals surface area contributed by atoms with E-state index in [-0.39, 0.29) is 12.3 Å². The first-order valence-electron chi connectivity index (χ1n) is 8.79. The Balaban J connectivity index is 1.34. The summed E-state index contributed by atoms with van der Waals surface area (Å²) in [5.74, 6) is -0.0175. The van der Waals surface area contributed by atoms with Crippen molar-refractivity contribution < 1.29 is 13.2 Å². The highest BCUT2D eigenvalue weighted by molar-refractivity contribution is 9.11. The van der Waals surface area contributed by atoms with Crippen LogP contribution >= 0.6 is 27.3 Å². The van der Waals surface area contributed by atoms with Gasteiger partial charge in [-0.2, -0.15) is 4.31 Å². The van der Waals surface area contributed by atoms with Crippen LogP contribution in [-0.4, -0.2) is 69.9 Å². The van der Waals surface area contributed by atoms with Gasteiger partial charge in [-0.05, 0) is 56.2 Å². The number of sulfonamides is 1. The molecular formula is C17H17BrN6O3S2. The van der Waals surface area contributed by atoms with Crippen LogP contribution in [0.3, 0.4) is 0 Å². The lowest BCUT2D eigenvalue weighted by molar-refractivity contribution is -0.131. The minimum Gasteiger partial charge on any atom is -0.340 e. The van der Waals surface area contributed by atoms with Gasteiger partial charge in [-0.25, -0.2) is 13.1 Å². The largest absolute Gasteiger partial charge is 0.340 e. The van der Waals surface area contributed by atoms with E-state index < -0.39 is 10.0 Å². The molecule has 29 heavy (non-hydrogen) atoms. The van der Waals surface area contributed by atoms with Crippen LogP contribution in [-0.2, 0) is 21.2 Å². The van der Waals surface area contributed by atoms with Gasteiger partial charge in [0.25, 0.3) is 10.0 Å². The van der Waals surface area contributed by atoms with E-state index in [1.165, 1.54) is 26.7 Å². The Bertz CT molecular complexity index is 1090. The predicted octanol–water partition coefficient (Wildman–Crippen LogP) is 1.56. The number of carbonyl (C=O) groups excluding carboxylic acids is 1. The second kappa shape index (κ2) is 8.30. The summed E-state index contributed by atoms with van der Waals surface area (Å²) in [5, 5.41) is 11.0. The van der Waals surface area contributed by atoms with Crippen LogP contribution in [0.15, 0.2) is 50.7 Å². The summed E-state index contributed by atoms with van der Waals surface area (Å²) < 4.78 is 29.5. The minimum atomic E-state index is -3.51. The second-order valence-corrected chi connectivity index (χ2v) is 11.1. The summed E-state index contributed by atoms with van der Waals surface area (Å²) in [6.07, 6.45) is 1.77. The Labute approximate surface area is 180 Å². The smallest absolute Gasteiger partial charge is 0.252 e. The number of nitrogens with zero attached hydrogens (tertiary/aromatic N) is 6. The number of amides is 1. The maximum absolute atomic E-state index is 12.7. The summed E-state index contributed by atoms with van der Waals surface area (Å²) in [6.45, 7) is 1.35. The molecular weight excluding hydrogens is 480 g/mol. The lowest BCUT2D eigenvalue weighted by atomic mass is 10.1. The van der Waals surface area contributed by atoms with E-state index in [2.05, 4.69) is 31.5 Å². The van der Waals surface area contributed by atoms with E-state index >= 15 is 0 Å². The minimum absolute atomic E-state index is 0.0175. The zero-order valence-corrected chi connectivity index (χ0v) is 18.4. The number of thiophene rings is 1. The topological polar surface area (TPSA) is 101 Å². The van der Waals surface area contributed by atoms with Crippen molar-refractivity contribution in [2.24, 2.45) is 0 Å². The van der Waals surface area contributed by atoms with Crippen molar-refractivity contribution in [1.29, 1.82) is 0 Å². The first kappa shape index (κ1) is 20.1. The van der Waals surface area contributed by atoms with Gasteiger partial charge in [0.2, 0.25) is 5.91 Å². The van der Waals surface area contributed by atoms with Crippen LogP contribution in [0.5, 0.6) is 0 Å². The van der Waals surface area contributed by atoms with Crippen LogP contribution in [0.1, 0.15) is 5.56 Å². The highest BCUT2D eigenvalue weighted by Gasteiger charge is 2.31. The number of piperazine rings is 1. The van der Waals surface area contributed by atoms with Crippen LogP contribution in [0.25, 0.3) is 5.69 Å². The van der Waals surface area contributed by atoms with Crippen LogP contribution in [0.4, 0.5) is 0 Å². The van der Waals surface area contributed by atoms with Crippen LogP contribution in [0, 0.1) is 0 Å². The van der Waals surface area contributed by atoms with Gasteiger partial charge >= 0.3 is 0 Å². The van der Waals surface area contributed by atoms with E-state index in [1.807, 2.05) is 24.3 Å². The van der Waals surface area contributed by atoms with Gasteiger partial charge in [0.15, 0.2) is 0 Å². The summed E-state index contributed by atoms with van der Waals surface area (Å²) in [7, 11) is -3.51. The number of aromatic nitrogens is 4. The SMILES string of the molecule is O=C(Cc1ccc(-n2cnnn2)cc1)N1CCN(S(=O)(=O)c2ccc(Br)s2)CC1. The molecule has 3 heterocycles. The molecule has 0 spiro atoms. The van der Waals surface area contributed by atoms with Gasteiger partial charge in [-0.3, -0.25) is 4.79 Å². The Kier molecular flexibility index (Phi) is 5.76. The molecule has 0 saturated carbocycles. The zero-order valence-electron chi connectivity index (χ0n) is 15.2. The molecule has 152 valence electrons. The molecule has 0 atom stereocenters. The first-order valence-corrected chi connectivity index (χ1v) is 11.8. The number of tetrazole rings is 1. The first-order chi connectivity index (χ1) is 13.9. The van der Waals surface area contributed by atoms with E-state index in [0.717, 1.165) is 15.0 Å². The third kappa shape index (κ3) is 4.39. The molecule has 1 aliphatic heterocycles. The Hall–Kier alpha value is -2.15. The van der Waals surface area contributed by atoms with Gasteiger partial charge in [0.1, 0.15) is 10.5 Å². The number of halogens is 1. The summed E-state index contributed by atoms with van der Waals surface area (Å²) in [4.78, 5) is 14.3. The second-order valence-electron chi connectivity index (χ2n) is 6.44. The maximum Gasteiger partial charge on any atom is 0.252 e. The van der Waals surface area contributed by atoms with Gasteiger partial charge in [0, 0.05) is 26.2 Å². The van der Waals surface area contributed by atoms with E-state index in [4.69, 9.17) is 0 Å². The number of carbonyl (C=O) groups is 1. The maximum atomic E-state index is 12.7. The third-order valence-corrected chi connectivity index (χ3v) is 8.63. The molecule has 1 aliphatic rings. The molecule has 1 fully saturated rings. The van der Waals surface area contributed by atoms with Crippen LogP contribution < -0.4 is 0 Å². The number of hydrogen-bond donors (Lipinski definition) is 0. The van der Waals surface area contributed by atoms with Crippen molar-refractivity contribution in [1.82, 2.24) is 29.4 Å². The quantitative estimate of drug-likeness (QED) is 0.531. The van der Waals surface area contributed by atoms with Crippen molar-refractivity contribution in [3.8, 4) is 5.69 Å². The number of benzene rings is 1. The van der Waals surface area contributed by atoms with Crippen molar-refractivity contribution in [3.05, 3.63) is 52.1 Å². The van der Waals surface area contributed by atoms with Crippen molar-refractivity contribution in [3.63, 3.8) is 0 Å². The molecule has 2 aromatic heterocycles. The molecule has 1 saturated heterocycles. The fraction of sp³-hybridized carbons (Fsp3) is 0.294. The van der Waals surface area contributed by atoms with Gasteiger partial charge in [-0.15, -0.1) is 16.4 Å². The van der Waals surface area contributed by atoms with Crippen molar-refractivity contribution in [2.75, 3.05) is 26.2 Å². The molecule has 12 heteroatoms. The van der Waals surface area contributed by atoms with Gasteiger partial charge in [0.05, 0.1) is 15.9 Å². The normalized spacial score (nSPS) is 15.6. The van der Waals surface area contributed by atoms with E-state index in [1.54, 1.807) is 17.0 Å². The fourth-order valence-corrected chi connectivity index (χ4v) is 6.66. The molecule has 1 amide bonds. The molecule has 0 N–H and O–H groups in total. The van der Waals surface area contributed by atoms with Crippen LogP contribution in [0.2, 0.25) is 0 Å². The average Bonchev–Trinajstić information content (AvgIpc) is 3.41. The highest BCUT2D eigenvalue weighted by Crippen LogP contribution is 2.29. The number of rotatable bonds is 5. The molecule has 0 aliphatic carbocycles. The molecule has 9 nitrogen and oxygen atoms in total. The van der Waals surface area contributed by atoms with Crippen molar-refractivity contribution in [2.45, 2.75) is 10.6 Å². The summed E-state index contributed by atoms with van der Waals surface area (Å²) >= 11 is 4.49. The molecule has 0 radical (unpaired) electrons. The summed E-state index contributed by atoms with van der Waals surface area (Å²) in [5.41, 5.74) is 1.69. The zero-order chi connectivity index (χ0) is 20.4. The van der Waals surface area contributed by atoms with Gasteiger partial charge < -0.3 is 4.90 Å². The fourth-order valence-electron chi connectivity index (χ4n) is 3.07. The Morgan fingerprint density at radius 3 is 2.38 bits per heavy atom. The molecule has 0 unspecified atom stereocenters. The average molecular weight is 497 g/mol. The van der Waals surface area contributed by atoms with E-state index in [0.29, 0.717) is 30.4 Å². The molecule has 4 rings (SSSR count).